The fourth-order valence-corrected chi connectivity index (χ4v) is 9.43. The van der Waals surface area contributed by atoms with Crippen molar-refractivity contribution in [2.45, 2.75) is 122 Å². The monoisotopic (exact) mass is 586 g/mol. The van der Waals surface area contributed by atoms with Crippen LogP contribution in [0.4, 0.5) is 0 Å². The third-order valence-corrected chi connectivity index (χ3v) is 11.6. The number of ketones is 1. The van der Waals surface area contributed by atoms with E-state index in [1.807, 2.05) is 13.8 Å². The predicted octanol–water partition coefficient (Wildman–Crippen LogP) is 3.43. The van der Waals surface area contributed by atoms with Gasteiger partial charge in [0.25, 0.3) is 0 Å². The normalized spacial score (nSPS) is 41.3. The molecular formula is C29H47O10P. The SMILES string of the molecule is CC(=O)O[C@@H]1C[C@H]2C(=O)C=C3[C@H](CC[C@]4(C)[C@@H](C(C)C(O)CCC(C)(C)O)CC[C@@]34O)[C@@]2(C)C[C@@H]1OP(=O)(O)O. The smallest absolute Gasteiger partial charge is 0.460 e. The first-order valence-corrected chi connectivity index (χ1v) is 16.0. The van der Waals surface area contributed by atoms with Crippen LogP contribution in [-0.2, 0) is 23.4 Å². The molecule has 228 valence electrons. The Morgan fingerprint density at radius 3 is 2.40 bits per heavy atom. The van der Waals surface area contributed by atoms with Gasteiger partial charge in [-0.25, -0.2) is 4.57 Å². The number of allylic oxidation sites excluding steroid dienone is 1. The van der Waals surface area contributed by atoms with Crippen molar-refractivity contribution in [3.63, 3.8) is 0 Å². The van der Waals surface area contributed by atoms with Crippen molar-refractivity contribution in [1.29, 1.82) is 0 Å². The number of carbonyl (C=O) groups is 2. The van der Waals surface area contributed by atoms with Crippen LogP contribution >= 0.6 is 7.82 Å². The summed E-state index contributed by atoms with van der Waals surface area (Å²) in [6.07, 6.45) is 2.42. The summed E-state index contributed by atoms with van der Waals surface area (Å²) in [6.45, 7) is 10.6. The molecule has 11 heteroatoms. The maximum atomic E-state index is 13.7. The molecule has 0 spiro atoms. The van der Waals surface area contributed by atoms with Crippen molar-refractivity contribution in [3.8, 4) is 0 Å². The largest absolute Gasteiger partial charge is 0.469 e. The Morgan fingerprint density at radius 1 is 1.18 bits per heavy atom. The third-order valence-electron chi connectivity index (χ3n) is 11.0. The minimum Gasteiger partial charge on any atom is -0.460 e. The first kappa shape index (κ1) is 31.8. The molecule has 4 rings (SSSR count). The van der Waals surface area contributed by atoms with Crippen LogP contribution in [0.25, 0.3) is 0 Å². The molecule has 3 saturated carbocycles. The summed E-state index contributed by atoms with van der Waals surface area (Å²) in [5, 5.41) is 33.6. The van der Waals surface area contributed by atoms with Gasteiger partial charge in [0, 0.05) is 18.3 Å². The van der Waals surface area contributed by atoms with Crippen LogP contribution in [0, 0.1) is 34.5 Å². The van der Waals surface area contributed by atoms with Crippen molar-refractivity contribution >= 4 is 19.6 Å². The molecule has 10 atom stereocenters. The number of phosphoric acid groups is 1. The number of carbonyl (C=O) groups excluding carboxylic acids is 2. The molecule has 0 saturated heterocycles. The highest BCUT2D eigenvalue weighted by Crippen LogP contribution is 2.68. The zero-order chi connectivity index (χ0) is 30.1. The predicted molar refractivity (Wildman–Crippen MR) is 146 cm³/mol. The molecule has 3 fully saturated rings. The lowest BCUT2D eigenvalue weighted by Gasteiger charge is -2.60. The maximum Gasteiger partial charge on any atom is 0.469 e. The van der Waals surface area contributed by atoms with Crippen LogP contribution in [0.2, 0.25) is 0 Å². The van der Waals surface area contributed by atoms with Crippen LogP contribution < -0.4 is 0 Å². The summed E-state index contributed by atoms with van der Waals surface area (Å²) < 4.78 is 22.3. The number of esters is 1. The van der Waals surface area contributed by atoms with E-state index in [9.17, 15) is 39.3 Å². The summed E-state index contributed by atoms with van der Waals surface area (Å²) in [7, 11) is -4.91. The number of fused-ring (bicyclic) bond motifs is 5. The Morgan fingerprint density at radius 2 is 1.82 bits per heavy atom. The maximum absolute atomic E-state index is 13.7. The molecule has 0 bridgehead atoms. The highest BCUT2D eigenvalue weighted by molar-refractivity contribution is 7.46. The number of phosphoric ester groups is 1. The van der Waals surface area contributed by atoms with Gasteiger partial charge in [0.2, 0.25) is 0 Å². The highest BCUT2D eigenvalue weighted by atomic mass is 31.2. The first-order valence-electron chi connectivity index (χ1n) is 14.5. The topological polar surface area (TPSA) is 171 Å². The lowest BCUT2D eigenvalue weighted by molar-refractivity contribution is -0.172. The standard InChI is InChI=1S/C29H47O10P/c1-16(22(31)9-10-26(3,4)33)18-8-12-29(34)20-13-23(32)21-14-24(38-17(2)30)25(39-40(35,36)37)15-27(21,5)19(20)7-11-28(18,29)6/h13,16,18-19,21-22,24-25,31,33-34H,7-12,14-15H2,1-6H3,(H2,35,36,37)/t16?,18-,19+,21+,22?,24-,25+,27-,28-,29-/m1/s1. The summed E-state index contributed by atoms with van der Waals surface area (Å²) in [5.41, 5.74) is -2.81. The Labute approximate surface area is 236 Å². The van der Waals surface area contributed by atoms with Gasteiger partial charge in [0.1, 0.15) is 12.2 Å². The summed E-state index contributed by atoms with van der Waals surface area (Å²) in [6, 6.07) is 0. The second-order valence-corrected chi connectivity index (χ2v) is 15.3. The Kier molecular flexibility index (Phi) is 8.38. The van der Waals surface area contributed by atoms with Gasteiger partial charge < -0.3 is 29.8 Å². The van der Waals surface area contributed by atoms with E-state index in [1.165, 1.54) is 6.92 Å². The Bertz CT molecular complexity index is 1090. The average molecular weight is 587 g/mol. The van der Waals surface area contributed by atoms with Gasteiger partial charge in [-0.1, -0.05) is 20.8 Å². The Hall–Kier alpha value is -1.13. The molecule has 4 aliphatic rings. The molecule has 2 unspecified atom stereocenters. The minimum atomic E-state index is -4.91. The van der Waals surface area contributed by atoms with E-state index in [1.54, 1.807) is 19.9 Å². The number of rotatable bonds is 8. The van der Waals surface area contributed by atoms with Gasteiger partial charge in [-0.2, -0.15) is 0 Å². The molecule has 0 aromatic carbocycles. The third kappa shape index (κ3) is 5.62. The quantitative estimate of drug-likeness (QED) is 0.210. The summed E-state index contributed by atoms with van der Waals surface area (Å²) in [5.74, 6) is -1.69. The lowest BCUT2D eigenvalue weighted by atomic mass is 9.45. The fourth-order valence-electron chi connectivity index (χ4n) is 8.87. The van der Waals surface area contributed by atoms with Crippen molar-refractivity contribution in [2.24, 2.45) is 34.5 Å². The molecule has 0 radical (unpaired) electrons. The van der Waals surface area contributed by atoms with E-state index in [-0.39, 0.29) is 36.4 Å². The van der Waals surface area contributed by atoms with E-state index in [0.717, 1.165) is 0 Å². The number of aliphatic hydroxyl groups excluding tert-OH is 1. The van der Waals surface area contributed by atoms with Crippen LogP contribution in [0.5, 0.6) is 0 Å². The van der Waals surface area contributed by atoms with Crippen LogP contribution in [0.3, 0.4) is 0 Å². The lowest BCUT2D eigenvalue weighted by Crippen LogP contribution is -2.61. The molecule has 4 aliphatic carbocycles. The van der Waals surface area contributed by atoms with Crippen LogP contribution in [-0.4, -0.2) is 66.4 Å². The molecule has 0 amide bonds. The number of hydrogen-bond acceptors (Lipinski definition) is 8. The summed E-state index contributed by atoms with van der Waals surface area (Å²) in [4.78, 5) is 44.6. The molecule has 0 aromatic rings. The van der Waals surface area contributed by atoms with Gasteiger partial charge >= 0.3 is 13.8 Å². The van der Waals surface area contributed by atoms with Gasteiger partial charge in [-0.3, -0.25) is 14.1 Å². The molecule has 5 N–H and O–H groups in total. The van der Waals surface area contributed by atoms with Gasteiger partial charge in [0.15, 0.2) is 5.78 Å². The average Bonchev–Trinajstić information content (AvgIpc) is 3.08. The molecule has 0 heterocycles. The first-order chi connectivity index (χ1) is 18.2. The molecule has 40 heavy (non-hydrogen) atoms. The van der Waals surface area contributed by atoms with Crippen LogP contribution in [0.1, 0.15) is 92.9 Å². The van der Waals surface area contributed by atoms with Gasteiger partial charge in [-0.05, 0) is 100 Å². The summed E-state index contributed by atoms with van der Waals surface area (Å²) >= 11 is 0. The molecular weight excluding hydrogens is 539 g/mol. The van der Waals surface area contributed by atoms with E-state index < -0.39 is 60.1 Å². The van der Waals surface area contributed by atoms with Gasteiger partial charge in [0.05, 0.1) is 17.3 Å². The van der Waals surface area contributed by atoms with E-state index >= 15 is 0 Å². The minimum absolute atomic E-state index is 0.00206. The van der Waals surface area contributed by atoms with Crippen LogP contribution in [0.15, 0.2) is 11.6 Å². The van der Waals surface area contributed by atoms with Crippen molar-refractivity contribution in [3.05, 3.63) is 11.6 Å². The zero-order valence-electron chi connectivity index (χ0n) is 24.5. The number of ether oxygens (including phenoxy) is 1. The van der Waals surface area contributed by atoms with E-state index in [2.05, 4.69) is 6.92 Å². The molecule has 0 aromatic heterocycles. The Balaban J connectivity index is 1.65. The van der Waals surface area contributed by atoms with Crippen molar-refractivity contribution < 1.29 is 48.5 Å². The number of aliphatic hydroxyl groups is 3. The molecule has 0 aliphatic heterocycles. The zero-order valence-corrected chi connectivity index (χ0v) is 25.4. The highest BCUT2D eigenvalue weighted by Gasteiger charge is 2.67. The number of hydrogen-bond donors (Lipinski definition) is 5. The fraction of sp³-hybridized carbons (Fsp3) is 0.862. The van der Waals surface area contributed by atoms with Crippen molar-refractivity contribution in [1.82, 2.24) is 0 Å². The van der Waals surface area contributed by atoms with E-state index in [4.69, 9.17) is 9.26 Å². The molecule has 10 nitrogen and oxygen atoms in total. The second-order valence-electron chi connectivity index (χ2n) is 14.1. The van der Waals surface area contributed by atoms with E-state index in [0.29, 0.717) is 44.1 Å². The van der Waals surface area contributed by atoms with Crippen molar-refractivity contribution in [2.75, 3.05) is 0 Å². The van der Waals surface area contributed by atoms with Gasteiger partial charge in [-0.15, -0.1) is 0 Å². The second kappa shape index (κ2) is 10.5.